The van der Waals surface area contributed by atoms with Crippen LogP contribution in [0.2, 0.25) is 0 Å². The second kappa shape index (κ2) is 7.78. The zero-order chi connectivity index (χ0) is 15.1. The van der Waals surface area contributed by atoms with Crippen molar-refractivity contribution >= 4 is 11.8 Å². The third-order valence-corrected chi connectivity index (χ3v) is 3.76. The molecule has 5 heteroatoms. The topological polar surface area (TPSA) is 75.4 Å². The van der Waals surface area contributed by atoms with E-state index in [0.717, 1.165) is 31.4 Å². The van der Waals surface area contributed by atoms with E-state index < -0.39 is 0 Å². The van der Waals surface area contributed by atoms with Crippen molar-refractivity contribution in [3.8, 4) is 0 Å². The average Bonchev–Trinajstić information content (AvgIpc) is 2.52. The molecule has 0 saturated carbocycles. The van der Waals surface area contributed by atoms with E-state index in [9.17, 15) is 9.59 Å². The number of nitrogens with zero attached hydrogens (tertiary/aromatic N) is 1. The normalized spacial score (nSPS) is 18.2. The number of hydrogen-bond donors (Lipinski definition) is 2. The Morgan fingerprint density at radius 1 is 1.24 bits per heavy atom. The van der Waals surface area contributed by atoms with Crippen molar-refractivity contribution in [1.29, 1.82) is 0 Å². The van der Waals surface area contributed by atoms with Gasteiger partial charge in [-0.25, -0.2) is 0 Å². The van der Waals surface area contributed by atoms with Crippen molar-refractivity contribution in [3.05, 3.63) is 35.9 Å². The van der Waals surface area contributed by atoms with Crippen LogP contribution in [0.15, 0.2) is 30.3 Å². The molecule has 0 radical (unpaired) electrons. The van der Waals surface area contributed by atoms with E-state index in [1.807, 2.05) is 30.3 Å². The highest BCUT2D eigenvalue weighted by molar-refractivity contribution is 5.82. The van der Waals surface area contributed by atoms with Gasteiger partial charge in [0.2, 0.25) is 11.8 Å². The molecule has 21 heavy (non-hydrogen) atoms. The largest absolute Gasteiger partial charge is 0.370 e. The lowest BCUT2D eigenvalue weighted by atomic mass is 10.0. The van der Waals surface area contributed by atoms with Gasteiger partial charge in [-0.1, -0.05) is 36.8 Å². The summed E-state index contributed by atoms with van der Waals surface area (Å²) in [5, 5.41) is 3.27. The number of amides is 2. The highest BCUT2D eigenvalue weighted by Gasteiger charge is 2.25. The van der Waals surface area contributed by atoms with Crippen molar-refractivity contribution in [1.82, 2.24) is 10.2 Å². The van der Waals surface area contributed by atoms with Gasteiger partial charge in [0.25, 0.3) is 0 Å². The lowest BCUT2D eigenvalue weighted by Crippen LogP contribution is -2.48. The number of primary amides is 1. The number of carbonyl (C=O) groups excluding carboxylic acids is 2. The number of piperidine rings is 1. The molecule has 1 aliphatic rings. The summed E-state index contributed by atoms with van der Waals surface area (Å²) >= 11 is 0. The third-order valence-electron chi connectivity index (χ3n) is 3.76. The zero-order valence-corrected chi connectivity index (χ0v) is 12.3. The molecule has 1 aromatic carbocycles. The molecule has 0 aliphatic carbocycles. The lowest BCUT2D eigenvalue weighted by Gasteiger charge is -2.30. The Kier molecular flexibility index (Phi) is 5.75. The second-order valence-electron chi connectivity index (χ2n) is 5.46. The summed E-state index contributed by atoms with van der Waals surface area (Å²) in [5.41, 5.74) is 6.28. The minimum Gasteiger partial charge on any atom is -0.370 e. The fourth-order valence-electron chi connectivity index (χ4n) is 2.60. The van der Waals surface area contributed by atoms with Gasteiger partial charge in [-0.05, 0) is 24.9 Å². The van der Waals surface area contributed by atoms with E-state index in [2.05, 4.69) is 5.32 Å². The predicted octanol–water partition coefficient (Wildman–Crippen LogP) is 1.03. The van der Waals surface area contributed by atoms with Gasteiger partial charge in [-0.3, -0.25) is 9.59 Å². The monoisotopic (exact) mass is 289 g/mol. The van der Waals surface area contributed by atoms with Crippen LogP contribution in [0, 0.1) is 0 Å². The SMILES string of the molecule is NC(=O)CCN(Cc1ccccc1)C(=O)C1CCCCN1. The zero-order valence-electron chi connectivity index (χ0n) is 12.3. The molecule has 5 nitrogen and oxygen atoms in total. The van der Waals surface area contributed by atoms with Crippen LogP contribution in [0.1, 0.15) is 31.2 Å². The van der Waals surface area contributed by atoms with Gasteiger partial charge in [0.1, 0.15) is 0 Å². The van der Waals surface area contributed by atoms with E-state index >= 15 is 0 Å². The van der Waals surface area contributed by atoms with Crippen LogP contribution in [-0.4, -0.2) is 35.8 Å². The summed E-state index contributed by atoms with van der Waals surface area (Å²) in [6.45, 7) is 1.78. The quantitative estimate of drug-likeness (QED) is 0.821. The number of nitrogens with two attached hydrogens (primary N) is 1. The maximum atomic E-state index is 12.6. The molecular formula is C16H23N3O2. The maximum absolute atomic E-state index is 12.6. The van der Waals surface area contributed by atoms with Crippen molar-refractivity contribution in [2.45, 2.75) is 38.3 Å². The van der Waals surface area contributed by atoms with Gasteiger partial charge in [-0.2, -0.15) is 0 Å². The van der Waals surface area contributed by atoms with Crippen molar-refractivity contribution in [3.63, 3.8) is 0 Å². The highest BCUT2D eigenvalue weighted by Crippen LogP contribution is 2.13. The molecule has 1 aromatic rings. The smallest absolute Gasteiger partial charge is 0.240 e. The molecule has 3 N–H and O–H groups in total. The van der Waals surface area contributed by atoms with Crippen LogP contribution in [0.4, 0.5) is 0 Å². The molecule has 0 aromatic heterocycles. The molecule has 114 valence electrons. The van der Waals surface area contributed by atoms with E-state index in [1.165, 1.54) is 0 Å². The first-order valence-corrected chi connectivity index (χ1v) is 7.51. The van der Waals surface area contributed by atoms with Gasteiger partial charge in [-0.15, -0.1) is 0 Å². The molecule has 1 saturated heterocycles. The fraction of sp³-hybridized carbons (Fsp3) is 0.500. The molecule has 2 rings (SSSR count). The minimum atomic E-state index is -0.377. The van der Waals surface area contributed by atoms with E-state index in [0.29, 0.717) is 13.1 Å². The Labute approximate surface area is 125 Å². The van der Waals surface area contributed by atoms with Crippen LogP contribution >= 0.6 is 0 Å². The summed E-state index contributed by atoms with van der Waals surface area (Å²) in [7, 11) is 0. The average molecular weight is 289 g/mol. The first-order chi connectivity index (χ1) is 10.2. The van der Waals surface area contributed by atoms with Crippen molar-refractivity contribution < 1.29 is 9.59 Å². The molecule has 1 atom stereocenters. The molecule has 1 heterocycles. The van der Waals surface area contributed by atoms with Gasteiger partial charge in [0, 0.05) is 19.5 Å². The van der Waals surface area contributed by atoms with Gasteiger partial charge < -0.3 is 16.0 Å². The number of carbonyl (C=O) groups is 2. The van der Waals surface area contributed by atoms with Crippen LogP contribution in [0.25, 0.3) is 0 Å². The molecular weight excluding hydrogens is 266 g/mol. The Morgan fingerprint density at radius 3 is 2.62 bits per heavy atom. The Hall–Kier alpha value is -1.88. The summed E-state index contributed by atoms with van der Waals surface area (Å²) in [5.74, 6) is -0.308. The van der Waals surface area contributed by atoms with E-state index in [-0.39, 0.29) is 24.3 Å². The predicted molar refractivity (Wildman–Crippen MR) is 81.3 cm³/mol. The van der Waals surface area contributed by atoms with E-state index in [4.69, 9.17) is 5.73 Å². The Bertz CT molecular complexity index is 470. The summed E-state index contributed by atoms with van der Waals surface area (Å²) < 4.78 is 0. The van der Waals surface area contributed by atoms with Gasteiger partial charge in [0.05, 0.1) is 6.04 Å². The number of hydrogen-bond acceptors (Lipinski definition) is 3. The van der Waals surface area contributed by atoms with Crippen molar-refractivity contribution in [2.24, 2.45) is 5.73 Å². The van der Waals surface area contributed by atoms with Crippen LogP contribution in [-0.2, 0) is 16.1 Å². The lowest BCUT2D eigenvalue weighted by molar-refractivity contribution is -0.135. The van der Waals surface area contributed by atoms with Gasteiger partial charge >= 0.3 is 0 Å². The second-order valence-corrected chi connectivity index (χ2v) is 5.46. The summed E-state index contributed by atoms with van der Waals surface area (Å²) in [4.78, 5) is 25.4. The molecule has 1 unspecified atom stereocenters. The number of benzene rings is 1. The van der Waals surface area contributed by atoms with Crippen LogP contribution in [0.3, 0.4) is 0 Å². The first-order valence-electron chi connectivity index (χ1n) is 7.51. The summed E-state index contributed by atoms with van der Waals surface area (Å²) in [6, 6.07) is 9.69. The van der Waals surface area contributed by atoms with Crippen LogP contribution < -0.4 is 11.1 Å². The Morgan fingerprint density at radius 2 is 2.00 bits per heavy atom. The number of rotatable bonds is 6. The first kappa shape index (κ1) is 15.5. The standard InChI is InChI=1S/C16H23N3O2/c17-15(20)9-11-19(12-13-6-2-1-3-7-13)16(21)14-8-4-5-10-18-14/h1-3,6-7,14,18H,4-5,8-12H2,(H2,17,20). The summed E-state index contributed by atoms with van der Waals surface area (Å²) in [6.07, 6.45) is 3.24. The van der Waals surface area contributed by atoms with E-state index in [1.54, 1.807) is 4.90 Å². The third kappa shape index (κ3) is 4.86. The minimum absolute atomic E-state index is 0.0693. The molecule has 1 aliphatic heterocycles. The molecule has 0 bridgehead atoms. The van der Waals surface area contributed by atoms with Gasteiger partial charge in [0.15, 0.2) is 0 Å². The van der Waals surface area contributed by atoms with Crippen molar-refractivity contribution in [2.75, 3.05) is 13.1 Å². The maximum Gasteiger partial charge on any atom is 0.240 e. The molecule has 2 amide bonds. The molecule has 0 spiro atoms. The number of nitrogens with one attached hydrogen (secondary N) is 1. The fourth-order valence-corrected chi connectivity index (χ4v) is 2.60. The molecule has 1 fully saturated rings. The Balaban J connectivity index is 2.03. The van der Waals surface area contributed by atoms with Crippen LogP contribution in [0.5, 0.6) is 0 Å². The highest BCUT2D eigenvalue weighted by atomic mass is 16.2.